The fourth-order valence-electron chi connectivity index (χ4n) is 2.12. The molecule has 0 unspecified atom stereocenters. The quantitative estimate of drug-likeness (QED) is 0.928. The van der Waals surface area contributed by atoms with Gasteiger partial charge in [0.05, 0.1) is 6.20 Å². The Bertz CT molecular complexity index is 651. The highest BCUT2D eigenvalue weighted by Gasteiger charge is 2.13. The summed E-state index contributed by atoms with van der Waals surface area (Å²) in [4.78, 5) is 8.88. The molecule has 0 radical (unpaired) electrons. The van der Waals surface area contributed by atoms with Crippen LogP contribution >= 0.6 is 0 Å². The first-order chi connectivity index (χ1) is 9.93. The molecule has 0 spiro atoms. The SMILES string of the molecule is Cc1ccc(C)c(Oc2cnc(C(C)C)nc2CN)c1C. The van der Waals surface area contributed by atoms with Crippen molar-refractivity contribution in [2.24, 2.45) is 5.73 Å². The fraction of sp³-hybridized carbons (Fsp3) is 0.412. The van der Waals surface area contributed by atoms with E-state index < -0.39 is 0 Å². The monoisotopic (exact) mass is 285 g/mol. The van der Waals surface area contributed by atoms with E-state index in [0.717, 1.165) is 28.4 Å². The Morgan fingerprint density at radius 1 is 1.14 bits per heavy atom. The summed E-state index contributed by atoms with van der Waals surface area (Å²) in [7, 11) is 0. The van der Waals surface area contributed by atoms with Crippen LogP contribution in [0.25, 0.3) is 0 Å². The van der Waals surface area contributed by atoms with Crippen LogP contribution in [0, 0.1) is 20.8 Å². The Balaban J connectivity index is 2.43. The van der Waals surface area contributed by atoms with Gasteiger partial charge in [-0.3, -0.25) is 0 Å². The van der Waals surface area contributed by atoms with Crippen LogP contribution in [-0.2, 0) is 6.54 Å². The van der Waals surface area contributed by atoms with Gasteiger partial charge in [0.2, 0.25) is 0 Å². The Morgan fingerprint density at radius 2 is 1.81 bits per heavy atom. The first kappa shape index (κ1) is 15.4. The lowest BCUT2D eigenvalue weighted by molar-refractivity contribution is 0.460. The number of ether oxygens (including phenoxy) is 1. The number of nitrogens with zero attached hydrogens (tertiary/aromatic N) is 2. The lowest BCUT2D eigenvalue weighted by Gasteiger charge is -2.16. The fourth-order valence-corrected chi connectivity index (χ4v) is 2.12. The first-order valence-electron chi connectivity index (χ1n) is 7.24. The topological polar surface area (TPSA) is 61.0 Å². The van der Waals surface area contributed by atoms with Crippen LogP contribution in [0.3, 0.4) is 0 Å². The van der Waals surface area contributed by atoms with Gasteiger partial charge in [-0.05, 0) is 37.5 Å². The molecule has 0 saturated heterocycles. The highest BCUT2D eigenvalue weighted by Crippen LogP contribution is 2.31. The predicted octanol–water partition coefficient (Wildman–Crippen LogP) is 3.78. The van der Waals surface area contributed by atoms with E-state index in [1.807, 2.05) is 6.92 Å². The predicted molar refractivity (Wildman–Crippen MR) is 84.7 cm³/mol. The van der Waals surface area contributed by atoms with E-state index in [-0.39, 0.29) is 5.92 Å². The van der Waals surface area contributed by atoms with Crippen molar-refractivity contribution in [1.82, 2.24) is 9.97 Å². The Morgan fingerprint density at radius 3 is 2.43 bits per heavy atom. The van der Waals surface area contributed by atoms with E-state index >= 15 is 0 Å². The molecule has 0 bridgehead atoms. The van der Waals surface area contributed by atoms with Crippen molar-refractivity contribution in [1.29, 1.82) is 0 Å². The van der Waals surface area contributed by atoms with Gasteiger partial charge in [0.1, 0.15) is 17.3 Å². The standard InChI is InChI=1S/C17H23N3O/c1-10(2)17-19-9-15(14(8-18)20-17)21-16-12(4)7-6-11(3)13(16)5/h6-7,9-10H,8,18H2,1-5H3. The molecule has 4 nitrogen and oxygen atoms in total. The van der Waals surface area contributed by atoms with E-state index in [1.165, 1.54) is 5.56 Å². The average molecular weight is 285 g/mol. The summed E-state index contributed by atoms with van der Waals surface area (Å²) in [6.07, 6.45) is 1.73. The van der Waals surface area contributed by atoms with Crippen molar-refractivity contribution in [2.45, 2.75) is 47.1 Å². The summed E-state index contributed by atoms with van der Waals surface area (Å²) in [6, 6.07) is 4.16. The van der Waals surface area contributed by atoms with Crippen molar-refractivity contribution in [2.75, 3.05) is 0 Å². The molecule has 4 heteroatoms. The van der Waals surface area contributed by atoms with Gasteiger partial charge in [0.15, 0.2) is 5.75 Å². The van der Waals surface area contributed by atoms with Crippen LogP contribution in [-0.4, -0.2) is 9.97 Å². The van der Waals surface area contributed by atoms with Crippen LogP contribution in [0.15, 0.2) is 18.3 Å². The van der Waals surface area contributed by atoms with Gasteiger partial charge >= 0.3 is 0 Å². The highest BCUT2D eigenvalue weighted by molar-refractivity contribution is 5.47. The lowest BCUT2D eigenvalue weighted by atomic mass is 10.1. The second-order valence-electron chi connectivity index (χ2n) is 5.65. The van der Waals surface area contributed by atoms with Crippen molar-refractivity contribution in [3.05, 3.63) is 46.5 Å². The second-order valence-corrected chi connectivity index (χ2v) is 5.65. The van der Waals surface area contributed by atoms with Crippen LogP contribution in [0.4, 0.5) is 0 Å². The number of rotatable bonds is 4. The molecule has 2 aromatic rings. The number of aryl methyl sites for hydroxylation is 2. The summed E-state index contributed by atoms with van der Waals surface area (Å²) >= 11 is 0. The minimum absolute atomic E-state index is 0.270. The van der Waals surface area contributed by atoms with Crippen LogP contribution in [0.5, 0.6) is 11.5 Å². The summed E-state index contributed by atoms with van der Waals surface area (Å²) in [5.74, 6) is 2.57. The van der Waals surface area contributed by atoms with Gasteiger partial charge in [-0.2, -0.15) is 0 Å². The highest BCUT2D eigenvalue weighted by atomic mass is 16.5. The maximum atomic E-state index is 6.07. The Hall–Kier alpha value is -1.94. The average Bonchev–Trinajstić information content (AvgIpc) is 2.47. The number of nitrogens with two attached hydrogens (primary N) is 1. The molecule has 2 rings (SSSR count). The summed E-state index contributed by atoms with van der Waals surface area (Å²) in [6.45, 7) is 10.6. The lowest BCUT2D eigenvalue weighted by Crippen LogP contribution is -2.08. The van der Waals surface area contributed by atoms with E-state index in [2.05, 4.69) is 49.8 Å². The minimum atomic E-state index is 0.270. The Labute approximate surface area is 126 Å². The normalized spacial score (nSPS) is 11.0. The third-order valence-corrected chi connectivity index (χ3v) is 3.64. The molecule has 0 aliphatic rings. The minimum Gasteiger partial charge on any atom is -0.453 e. The Kier molecular flexibility index (Phi) is 4.58. The van der Waals surface area contributed by atoms with Crippen LogP contribution < -0.4 is 10.5 Å². The summed E-state index contributed by atoms with van der Waals surface area (Å²) in [5, 5.41) is 0. The van der Waals surface area contributed by atoms with Gasteiger partial charge < -0.3 is 10.5 Å². The molecular weight excluding hydrogens is 262 g/mol. The molecule has 112 valence electrons. The smallest absolute Gasteiger partial charge is 0.168 e. The molecule has 0 amide bonds. The zero-order valence-corrected chi connectivity index (χ0v) is 13.4. The zero-order chi connectivity index (χ0) is 15.6. The molecular formula is C17H23N3O. The third-order valence-electron chi connectivity index (χ3n) is 3.64. The molecule has 1 aromatic heterocycles. The molecule has 2 N–H and O–H groups in total. The summed E-state index contributed by atoms with van der Waals surface area (Å²) < 4.78 is 6.07. The molecule has 0 saturated carbocycles. The maximum Gasteiger partial charge on any atom is 0.168 e. The number of benzene rings is 1. The van der Waals surface area contributed by atoms with Crippen molar-refractivity contribution in [3.63, 3.8) is 0 Å². The first-order valence-corrected chi connectivity index (χ1v) is 7.24. The molecule has 0 aliphatic heterocycles. The van der Waals surface area contributed by atoms with E-state index in [9.17, 15) is 0 Å². The van der Waals surface area contributed by atoms with Crippen molar-refractivity contribution >= 4 is 0 Å². The van der Waals surface area contributed by atoms with Crippen LogP contribution in [0.1, 0.15) is 48.0 Å². The number of hydrogen-bond acceptors (Lipinski definition) is 4. The van der Waals surface area contributed by atoms with E-state index in [4.69, 9.17) is 10.5 Å². The van der Waals surface area contributed by atoms with Gasteiger partial charge in [-0.15, -0.1) is 0 Å². The van der Waals surface area contributed by atoms with Crippen molar-refractivity contribution < 1.29 is 4.74 Å². The number of hydrogen-bond donors (Lipinski definition) is 1. The van der Waals surface area contributed by atoms with E-state index in [1.54, 1.807) is 6.20 Å². The molecule has 0 atom stereocenters. The van der Waals surface area contributed by atoms with Gasteiger partial charge in [0, 0.05) is 12.5 Å². The van der Waals surface area contributed by atoms with Gasteiger partial charge in [-0.1, -0.05) is 26.0 Å². The number of aromatic nitrogens is 2. The van der Waals surface area contributed by atoms with Gasteiger partial charge in [0.25, 0.3) is 0 Å². The molecule has 0 fully saturated rings. The van der Waals surface area contributed by atoms with Crippen LogP contribution in [0.2, 0.25) is 0 Å². The summed E-state index contributed by atoms with van der Waals surface area (Å²) in [5.41, 5.74) is 9.97. The van der Waals surface area contributed by atoms with Gasteiger partial charge in [-0.25, -0.2) is 9.97 Å². The largest absolute Gasteiger partial charge is 0.453 e. The second kappa shape index (κ2) is 6.22. The molecule has 1 aromatic carbocycles. The maximum absolute atomic E-state index is 6.07. The molecule has 0 aliphatic carbocycles. The van der Waals surface area contributed by atoms with Crippen molar-refractivity contribution in [3.8, 4) is 11.5 Å². The third kappa shape index (κ3) is 3.22. The molecule has 21 heavy (non-hydrogen) atoms. The molecule has 1 heterocycles. The zero-order valence-electron chi connectivity index (χ0n) is 13.4. The van der Waals surface area contributed by atoms with E-state index in [0.29, 0.717) is 12.3 Å².